The lowest BCUT2D eigenvalue weighted by molar-refractivity contribution is -0.118. The van der Waals surface area contributed by atoms with Crippen LogP contribution in [-0.4, -0.2) is 10.4 Å². The SMILES string of the molecule is Cc1ccsc1C1C(C#N)=C(n2cccc2)N(c2ccc(F)c(Cl)c2)C2=C1C(=O)CC(C)(C)C2. The maximum Gasteiger partial charge on any atom is 0.162 e. The Morgan fingerprint density at radius 2 is 1.94 bits per heavy atom. The summed E-state index contributed by atoms with van der Waals surface area (Å²) < 4.78 is 16.0. The lowest BCUT2D eigenvalue weighted by Crippen LogP contribution is -2.40. The number of hydrogen-bond donors (Lipinski definition) is 0. The summed E-state index contributed by atoms with van der Waals surface area (Å²) in [6.07, 6.45) is 4.80. The fourth-order valence-electron chi connectivity index (χ4n) is 5.04. The molecule has 0 bridgehead atoms. The van der Waals surface area contributed by atoms with E-state index in [-0.39, 0.29) is 16.2 Å². The van der Waals surface area contributed by atoms with Gasteiger partial charge in [0.05, 0.1) is 22.6 Å². The third kappa shape index (κ3) is 3.60. The van der Waals surface area contributed by atoms with Crippen molar-refractivity contribution in [1.82, 2.24) is 4.57 Å². The summed E-state index contributed by atoms with van der Waals surface area (Å²) in [7, 11) is 0. The van der Waals surface area contributed by atoms with Crippen LogP contribution in [0, 0.1) is 29.5 Å². The van der Waals surface area contributed by atoms with Crippen LogP contribution in [-0.2, 0) is 4.79 Å². The van der Waals surface area contributed by atoms with Gasteiger partial charge in [-0.1, -0.05) is 25.4 Å². The van der Waals surface area contributed by atoms with Crippen molar-refractivity contribution in [3.8, 4) is 6.07 Å². The monoisotopic (exact) mass is 491 g/mol. The second-order valence-electron chi connectivity index (χ2n) is 9.58. The number of rotatable bonds is 3. The van der Waals surface area contributed by atoms with Crippen LogP contribution in [0.3, 0.4) is 0 Å². The Morgan fingerprint density at radius 3 is 2.56 bits per heavy atom. The number of anilines is 1. The highest BCUT2D eigenvalue weighted by atomic mass is 35.5. The number of nitriles is 1. The fraction of sp³-hybridized carbons (Fsp3) is 0.259. The second-order valence-corrected chi connectivity index (χ2v) is 10.9. The van der Waals surface area contributed by atoms with E-state index in [1.54, 1.807) is 23.5 Å². The highest BCUT2D eigenvalue weighted by molar-refractivity contribution is 7.10. The number of halogens is 2. The van der Waals surface area contributed by atoms with Crippen molar-refractivity contribution >= 4 is 40.2 Å². The summed E-state index contributed by atoms with van der Waals surface area (Å²) in [4.78, 5) is 16.6. The minimum absolute atomic E-state index is 0.0114. The third-order valence-corrected chi connectivity index (χ3v) is 7.86. The molecule has 3 aromatic rings. The van der Waals surface area contributed by atoms with Crippen molar-refractivity contribution in [2.75, 3.05) is 4.90 Å². The molecule has 1 aliphatic carbocycles. The van der Waals surface area contributed by atoms with E-state index in [9.17, 15) is 14.4 Å². The zero-order valence-corrected chi connectivity index (χ0v) is 20.7. The Hall–Kier alpha value is -3.14. The quantitative estimate of drug-likeness (QED) is 0.386. The normalized spacial score (nSPS) is 19.9. The summed E-state index contributed by atoms with van der Waals surface area (Å²) >= 11 is 7.76. The largest absolute Gasteiger partial charge is 0.309 e. The summed E-state index contributed by atoms with van der Waals surface area (Å²) in [6.45, 7) is 6.17. The number of Topliss-reactive ketones (excluding diaryl/α,β-unsaturated/α-hetero) is 1. The van der Waals surface area contributed by atoms with E-state index in [4.69, 9.17) is 11.6 Å². The summed E-state index contributed by atoms with van der Waals surface area (Å²) in [5.41, 5.74) is 3.37. The second kappa shape index (κ2) is 8.26. The van der Waals surface area contributed by atoms with Crippen LogP contribution < -0.4 is 4.90 Å². The van der Waals surface area contributed by atoms with Gasteiger partial charge >= 0.3 is 0 Å². The lowest BCUT2D eigenvalue weighted by atomic mass is 9.69. The predicted molar refractivity (Wildman–Crippen MR) is 134 cm³/mol. The van der Waals surface area contributed by atoms with Gasteiger partial charge in [-0.05, 0) is 66.1 Å². The zero-order valence-electron chi connectivity index (χ0n) is 19.1. The molecule has 0 radical (unpaired) electrons. The van der Waals surface area contributed by atoms with Gasteiger partial charge < -0.3 is 4.57 Å². The Balaban J connectivity index is 1.88. The predicted octanol–water partition coefficient (Wildman–Crippen LogP) is 7.29. The molecule has 1 aromatic carbocycles. The first-order valence-corrected chi connectivity index (χ1v) is 12.3. The summed E-state index contributed by atoms with van der Waals surface area (Å²) in [5, 5.41) is 12.5. The van der Waals surface area contributed by atoms with E-state index in [0.29, 0.717) is 35.5 Å². The minimum Gasteiger partial charge on any atom is -0.309 e. The zero-order chi connectivity index (χ0) is 24.2. The smallest absolute Gasteiger partial charge is 0.162 e. The van der Waals surface area contributed by atoms with Crippen molar-refractivity contribution in [2.45, 2.75) is 39.5 Å². The van der Waals surface area contributed by atoms with Crippen molar-refractivity contribution in [1.29, 1.82) is 5.26 Å². The van der Waals surface area contributed by atoms with Crippen LogP contribution in [0.25, 0.3) is 5.82 Å². The molecule has 1 aliphatic heterocycles. The lowest BCUT2D eigenvalue weighted by Gasteiger charge is -2.44. The number of hydrogen-bond acceptors (Lipinski definition) is 4. The number of aryl methyl sites for hydroxylation is 1. The molecule has 4 nitrogen and oxygen atoms in total. The number of ketones is 1. The third-order valence-electron chi connectivity index (χ3n) is 6.49. The van der Waals surface area contributed by atoms with Gasteiger partial charge in [-0.25, -0.2) is 4.39 Å². The molecule has 0 N–H and O–H groups in total. The van der Waals surface area contributed by atoms with Gasteiger partial charge in [0.15, 0.2) is 5.78 Å². The van der Waals surface area contributed by atoms with E-state index in [2.05, 4.69) is 19.9 Å². The highest BCUT2D eigenvalue weighted by Crippen LogP contribution is 2.53. The molecule has 172 valence electrons. The van der Waals surface area contributed by atoms with E-state index in [0.717, 1.165) is 16.1 Å². The molecule has 2 aromatic heterocycles. The van der Waals surface area contributed by atoms with Gasteiger partial charge in [-0.2, -0.15) is 5.26 Å². The van der Waals surface area contributed by atoms with Crippen molar-refractivity contribution < 1.29 is 9.18 Å². The van der Waals surface area contributed by atoms with Gasteiger partial charge in [0.1, 0.15) is 11.6 Å². The van der Waals surface area contributed by atoms with Crippen LogP contribution in [0.2, 0.25) is 5.02 Å². The molecule has 34 heavy (non-hydrogen) atoms. The van der Waals surface area contributed by atoms with Crippen LogP contribution in [0.5, 0.6) is 0 Å². The summed E-state index contributed by atoms with van der Waals surface area (Å²) in [6, 6.07) is 12.8. The molecule has 0 fully saturated rings. The van der Waals surface area contributed by atoms with Crippen LogP contribution >= 0.6 is 22.9 Å². The number of nitrogens with zero attached hydrogens (tertiary/aromatic N) is 3. The number of thiophene rings is 1. The molecule has 0 saturated carbocycles. The van der Waals surface area contributed by atoms with E-state index >= 15 is 0 Å². The average Bonchev–Trinajstić information content (AvgIpc) is 3.45. The maximum absolute atomic E-state index is 14.1. The molecule has 2 aliphatic rings. The van der Waals surface area contributed by atoms with Crippen molar-refractivity contribution in [3.05, 3.63) is 92.3 Å². The maximum atomic E-state index is 14.1. The molecule has 0 spiro atoms. The number of benzene rings is 1. The number of carbonyl (C=O) groups is 1. The Morgan fingerprint density at radius 1 is 1.21 bits per heavy atom. The minimum atomic E-state index is -0.518. The van der Waals surface area contributed by atoms with Crippen molar-refractivity contribution in [3.63, 3.8) is 0 Å². The van der Waals surface area contributed by atoms with Crippen LogP contribution in [0.15, 0.2) is 71.0 Å². The molecule has 0 amide bonds. The number of carbonyl (C=O) groups excluding carboxylic acids is 1. The number of allylic oxidation sites excluding steroid dienone is 3. The molecule has 5 rings (SSSR count). The number of aromatic nitrogens is 1. The first kappa shape index (κ1) is 22.6. The van der Waals surface area contributed by atoms with Crippen LogP contribution in [0.1, 0.15) is 43.0 Å². The first-order valence-electron chi connectivity index (χ1n) is 11.0. The Bertz CT molecular complexity index is 1410. The molecule has 0 saturated heterocycles. The molecule has 3 heterocycles. The van der Waals surface area contributed by atoms with E-state index in [1.807, 2.05) is 52.4 Å². The van der Waals surface area contributed by atoms with Crippen LogP contribution in [0.4, 0.5) is 10.1 Å². The van der Waals surface area contributed by atoms with Gasteiger partial charge in [0, 0.05) is 40.6 Å². The Labute approximate surface area is 207 Å². The topological polar surface area (TPSA) is 49.0 Å². The van der Waals surface area contributed by atoms with Gasteiger partial charge in [-0.3, -0.25) is 9.69 Å². The molecule has 1 unspecified atom stereocenters. The first-order chi connectivity index (χ1) is 16.2. The molecule has 7 heteroatoms. The standard InChI is InChI=1S/C27H23ClFN3OS/c1-16-8-11-34-25(16)23-18(15-30)26(31-9-4-5-10-31)32(17-6-7-20(29)19(28)12-17)21-13-27(2,3)14-22(33)24(21)23/h4-12,23H,13-14H2,1-3H3. The van der Waals surface area contributed by atoms with E-state index in [1.165, 1.54) is 6.07 Å². The van der Waals surface area contributed by atoms with Gasteiger partial charge in [-0.15, -0.1) is 11.3 Å². The summed E-state index contributed by atoms with van der Waals surface area (Å²) in [5.74, 6) is -0.289. The van der Waals surface area contributed by atoms with Crippen molar-refractivity contribution in [2.24, 2.45) is 5.41 Å². The average molecular weight is 492 g/mol. The van der Waals surface area contributed by atoms with Gasteiger partial charge in [0.2, 0.25) is 0 Å². The fourth-order valence-corrected chi connectivity index (χ4v) is 6.26. The highest BCUT2D eigenvalue weighted by Gasteiger charge is 2.46. The molecular formula is C27H23ClFN3OS. The molecule has 1 atom stereocenters. The van der Waals surface area contributed by atoms with E-state index < -0.39 is 11.7 Å². The molecular weight excluding hydrogens is 469 g/mol. The Kier molecular flexibility index (Phi) is 5.50. The van der Waals surface area contributed by atoms with Gasteiger partial charge in [0.25, 0.3) is 0 Å².